The first-order chi connectivity index (χ1) is 5.74. The summed E-state index contributed by atoms with van der Waals surface area (Å²) in [6, 6.07) is 0. The predicted octanol–water partition coefficient (Wildman–Crippen LogP) is 0.567. The van der Waals surface area contributed by atoms with Crippen molar-refractivity contribution in [3.8, 4) is 0 Å². The van der Waals surface area contributed by atoms with Crippen LogP contribution in [0.5, 0.6) is 0 Å². The van der Waals surface area contributed by atoms with E-state index in [2.05, 4.69) is 16.4 Å². The zero-order valence-corrected chi connectivity index (χ0v) is 7.49. The smallest absolute Gasteiger partial charge is 0.108 e. The van der Waals surface area contributed by atoms with Gasteiger partial charge in [-0.15, -0.1) is 5.10 Å². The van der Waals surface area contributed by atoms with Crippen molar-refractivity contribution in [2.75, 3.05) is 6.54 Å². The Kier molecular flexibility index (Phi) is 2.99. The van der Waals surface area contributed by atoms with E-state index in [1.807, 2.05) is 20.2 Å². The summed E-state index contributed by atoms with van der Waals surface area (Å²) in [6.45, 7) is 2.69. The highest BCUT2D eigenvalue weighted by Crippen LogP contribution is 2.08. The Labute approximate surface area is 72.1 Å². The molecule has 0 radical (unpaired) electrons. The third-order valence-corrected chi connectivity index (χ3v) is 1.62. The summed E-state index contributed by atoms with van der Waals surface area (Å²) in [7, 11) is 1.85. The van der Waals surface area contributed by atoms with Gasteiger partial charge in [-0.25, -0.2) is 0 Å². The molecule has 0 aromatic carbocycles. The largest absolute Gasteiger partial charge is 0.330 e. The van der Waals surface area contributed by atoms with E-state index in [0.29, 0.717) is 6.54 Å². The molecule has 4 heteroatoms. The second kappa shape index (κ2) is 4.01. The summed E-state index contributed by atoms with van der Waals surface area (Å²) < 4.78 is 1.69. The van der Waals surface area contributed by atoms with Gasteiger partial charge in [0.15, 0.2) is 0 Å². The van der Waals surface area contributed by atoms with Crippen LogP contribution in [0.2, 0.25) is 0 Å². The van der Waals surface area contributed by atoms with Gasteiger partial charge >= 0.3 is 0 Å². The number of nitrogens with zero attached hydrogens (tertiary/aromatic N) is 3. The van der Waals surface area contributed by atoms with E-state index in [4.69, 9.17) is 5.73 Å². The first-order valence-corrected chi connectivity index (χ1v) is 3.97. The second-order valence-corrected chi connectivity index (χ2v) is 2.74. The molecule has 12 heavy (non-hydrogen) atoms. The molecule has 1 heterocycles. The van der Waals surface area contributed by atoms with Crippen LogP contribution in [-0.2, 0) is 7.05 Å². The summed E-state index contributed by atoms with van der Waals surface area (Å²) in [5.74, 6) is 0. The van der Waals surface area contributed by atoms with E-state index in [9.17, 15) is 0 Å². The Balaban J connectivity index is 2.70. The Bertz CT molecular complexity index is 274. The zero-order valence-electron chi connectivity index (χ0n) is 7.49. The van der Waals surface area contributed by atoms with Crippen LogP contribution in [-0.4, -0.2) is 21.5 Å². The lowest BCUT2D eigenvalue weighted by atomic mass is 10.2. The quantitative estimate of drug-likeness (QED) is 0.714. The van der Waals surface area contributed by atoms with Gasteiger partial charge < -0.3 is 5.73 Å². The molecular weight excluding hydrogens is 152 g/mol. The van der Waals surface area contributed by atoms with Crippen molar-refractivity contribution in [1.29, 1.82) is 0 Å². The molecule has 0 spiro atoms. The van der Waals surface area contributed by atoms with Gasteiger partial charge in [-0.05, 0) is 25.5 Å². The molecule has 1 aromatic rings. The number of aryl methyl sites for hydroxylation is 1. The lowest BCUT2D eigenvalue weighted by molar-refractivity contribution is 0.714. The molecule has 0 aliphatic carbocycles. The fraction of sp³-hybridized carbons (Fsp3) is 0.500. The molecule has 0 atom stereocenters. The van der Waals surface area contributed by atoms with Crippen molar-refractivity contribution < 1.29 is 0 Å². The third-order valence-electron chi connectivity index (χ3n) is 1.62. The molecule has 0 unspecified atom stereocenters. The van der Waals surface area contributed by atoms with Gasteiger partial charge in [0.05, 0.1) is 6.20 Å². The Morgan fingerprint density at radius 2 is 2.50 bits per heavy atom. The molecule has 0 aliphatic rings. The fourth-order valence-corrected chi connectivity index (χ4v) is 0.932. The van der Waals surface area contributed by atoms with E-state index < -0.39 is 0 Å². The summed E-state index contributed by atoms with van der Waals surface area (Å²) in [6.07, 6.45) is 4.86. The van der Waals surface area contributed by atoms with Gasteiger partial charge in [0.1, 0.15) is 5.69 Å². The number of hydrogen-bond acceptors (Lipinski definition) is 3. The van der Waals surface area contributed by atoms with Gasteiger partial charge in [0.2, 0.25) is 0 Å². The summed E-state index contributed by atoms with van der Waals surface area (Å²) in [5, 5.41) is 7.81. The van der Waals surface area contributed by atoms with Crippen LogP contribution in [0, 0.1) is 0 Å². The molecular formula is C8H14N4. The van der Waals surface area contributed by atoms with Gasteiger partial charge in [-0.2, -0.15) is 0 Å². The Hall–Kier alpha value is -1.16. The molecule has 0 bridgehead atoms. The number of nitrogens with two attached hydrogens (primary N) is 1. The molecule has 0 amide bonds. The Morgan fingerprint density at radius 1 is 1.75 bits per heavy atom. The maximum Gasteiger partial charge on any atom is 0.108 e. The highest BCUT2D eigenvalue weighted by atomic mass is 15.4. The molecule has 2 N–H and O–H groups in total. The van der Waals surface area contributed by atoms with Crippen LogP contribution < -0.4 is 5.73 Å². The molecule has 0 saturated heterocycles. The molecule has 0 saturated carbocycles. The number of allylic oxidation sites excluding steroid dienone is 1. The predicted molar refractivity (Wildman–Crippen MR) is 48.3 cm³/mol. The molecule has 1 aromatic heterocycles. The van der Waals surface area contributed by atoms with E-state index in [0.717, 1.165) is 17.7 Å². The molecule has 0 fully saturated rings. The highest BCUT2D eigenvalue weighted by molar-refractivity contribution is 5.59. The van der Waals surface area contributed by atoms with Crippen LogP contribution in [0.3, 0.4) is 0 Å². The first-order valence-electron chi connectivity index (χ1n) is 3.97. The minimum absolute atomic E-state index is 0.678. The summed E-state index contributed by atoms with van der Waals surface area (Å²) >= 11 is 0. The number of hydrogen-bond donors (Lipinski definition) is 1. The van der Waals surface area contributed by atoms with Gasteiger partial charge in [0.25, 0.3) is 0 Å². The van der Waals surface area contributed by atoms with E-state index in [-0.39, 0.29) is 0 Å². The normalized spacial score (nSPS) is 12.1. The molecule has 1 rings (SSSR count). The standard InChI is InChI=1S/C8H14N4/c1-7(4-3-5-9)8-6-12(2)11-10-8/h4,6H,3,5,9H2,1-2H3/b7-4+. The third kappa shape index (κ3) is 2.17. The van der Waals surface area contributed by atoms with Crippen LogP contribution in [0.1, 0.15) is 19.0 Å². The van der Waals surface area contributed by atoms with E-state index in [1.165, 1.54) is 0 Å². The zero-order chi connectivity index (χ0) is 8.97. The molecule has 4 nitrogen and oxygen atoms in total. The molecule has 0 aliphatic heterocycles. The minimum Gasteiger partial charge on any atom is -0.330 e. The van der Waals surface area contributed by atoms with Crippen molar-refractivity contribution in [1.82, 2.24) is 15.0 Å². The first kappa shape index (κ1) is 8.93. The van der Waals surface area contributed by atoms with Crippen molar-refractivity contribution in [3.05, 3.63) is 18.0 Å². The number of rotatable bonds is 3. The van der Waals surface area contributed by atoms with Crippen LogP contribution in [0.15, 0.2) is 12.3 Å². The topological polar surface area (TPSA) is 56.7 Å². The van der Waals surface area contributed by atoms with E-state index in [1.54, 1.807) is 4.68 Å². The van der Waals surface area contributed by atoms with Crippen molar-refractivity contribution in [2.24, 2.45) is 12.8 Å². The summed E-state index contributed by atoms with van der Waals surface area (Å²) in [5.41, 5.74) is 7.43. The fourth-order valence-electron chi connectivity index (χ4n) is 0.932. The van der Waals surface area contributed by atoms with Crippen molar-refractivity contribution >= 4 is 5.57 Å². The van der Waals surface area contributed by atoms with Gasteiger partial charge in [-0.1, -0.05) is 11.3 Å². The Morgan fingerprint density at radius 3 is 3.00 bits per heavy atom. The molecule has 66 valence electrons. The maximum absolute atomic E-state index is 5.37. The highest BCUT2D eigenvalue weighted by Gasteiger charge is 1.98. The maximum atomic E-state index is 5.37. The number of aromatic nitrogens is 3. The summed E-state index contributed by atoms with van der Waals surface area (Å²) in [4.78, 5) is 0. The van der Waals surface area contributed by atoms with Gasteiger partial charge in [-0.3, -0.25) is 4.68 Å². The van der Waals surface area contributed by atoms with Crippen molar-refractivity contribution in [3.63, 3.8) is 0 Å². The SMILES string of the molecule is C/C(=C\CCN)c1cn(C)nn1. The van der Waals surface area contributed by atoms with Crippen LogP contribution in [0.25, 0.3) is 5.57 Å². The van der Waals surface area contributed by atoms with Crippen LogP contribution in [0.4, 0.5) is 0 Å². The van der Waals surface area contributed by atoms with Crippen LogP contribution >= 0.6 is 0 Å². The second-order valence-electron chi connectivity index (χ2n) is 2.74. The van der Waals surface area contributed by atoms with Crippen molar-refractivity contribution in [2.45, 2.75) is 13.3 Å². The monoisotopic (exact) mass is 166 g/mol. The average Bonchev–Trinajstić information content (AvgIpc) is 2.47. The van der Waals surface area contributed by atoms with Gasteiger partial charge in [0, 0.05) is 7.05 Å². The average molecular weight is 166 g/mol. The lowest BCUT2D eigenvalue weighted by Crippen LogP contribution is -1.95. The van der Waals surface area contributed by atoms with E-state index >= 15 is 0 Å². The minimum atomic E-state index is 0.678. The lowest BCUT2D eigenvalue weighted by Gasteiger charge is -1.92.